The predicted octanol–water partition coefficient (Wildman–Crippen LogP) is 2.95. The van der Waals surface area contributed by atoms with Crippen LogP contribution >= 0.6 is 0 Å². The van der Waals surface area contributed by atoms with E-state index in [1.54, 1.807) is 12.1 Å². The van der Waals surface area contributed by atoms with E-state index in [1.165, 1.54) is 0 Å². The Labute approximate surface area is 142 Å². The summed E-state index contributed by atoms with van der Waals surface area (Å²) in [4.78, 5) is 4.75. The fraction of sp³-hybridized carbons (Fsp3) is 0.368. The molecule has 0 spiro atoms. The standard InChI is InChI=1S/C19H24N4O/c1-12-13(2)19(21-18(12)15-8-10-20-11-9-15)23-22-14(3)16-6-4-5-7-17(16)24/h4-7,15,20,24H,2,8-11H2,1,3H3,(H,21,23)/b22-14+. The van der Waals surface area contributed by atoms with Crippen LogP contribution in [0.1, 0.15) is 32.3 Å². The summed E-state index contributed by atoms with van der Waals surface area (Å²) >= 11 is 0. The van der Waals surface area contributed by atoms with Crippen LogP contribution in [0.3, 0.4) is 0 Å². The monoisotopic (exact) mass is 324 g/mol. The van der Waals surface area contributed by atoms with Gasteiger partial charge in [0.2, 0.25) is 0 Å². The molecular formula is C19H24N4O. The lowest BCUT2D eigenvalue weighted by Crippen LogP contribution is -2.28. The lowest BCUT2D eigenvalue weighted by atomic mass is 9.92. The molecule has 1 aromatic carbocycles. The smallest absolute Gasteiger partial charge is 0.153 e. The lowest BCUT2D eigenvalue weighted by Gasteiger charge is -2.22. The minimum Gasteiger partial charge on any atom is -0.507 e. The molecule has 0 aliphatic carbocycles. The number of benzene rings is 1. The molecular weight excluding hydrogens is 300 g/mol. The number of rotatable bonds is 3. The zero-order valence-corrected chi connectivity index (χ0v) is 14.3. The third-order valence-corrected chi connectivity index (χ3v) is 4.70. The highest BCUT2D eigenvalue weighted by molar-refractivity contribution is 6.06. The van der Waals surface area contributed by atoms with Gasteiger partial charge in [0.1, 0.15) is 5.75 Å². The lowest BCUT2D eigenvalue weighted by molar-refractivity contribution is 0.416. The normalized spacial score (nSPS) is 19.7. The molecule has 126 valence electrons. The topological polar surface area (TPSA) is 69.0 Å². The van der Waals surface area contributed by atoms with E-state index >= 15 is 0 Å². The quantitative estimate of drug-likeness (QED) is 0.591. The second kappa shape index (κ2) is 7.01. The third-order valence-electron chi connectivity index (χ3n) is 4.70. The summed E-state index contributed by atoms with van der Waals surface area (Å²) in [6, 6.07) is 7.16. The van der Waals surface area contributed by atoms with Crippen molar-refractivity contribution in [1.82, 2.24) is 10.7 Å². The molecule has 0 unspecified atom stereocenters. The number of allylic oxidation sites excluding steroid dienone is 1. The van der Waals surface area contributed by atoms with Crippen molar-refractivity contribution in [2.75, 3.05) is 13.1 Å². The molecule has 1 fully saturated rings. The highest BCUT2D eigenvalue weighted by Crippen LogP contribution is 2.32. The molecule has 0 radical (unpaired) electrons. The first kappa shape index (κ1) is 16.5. The number of phenolic OH excluding ortho intramolecular Hbond substituents is 1. The van der Waals surface area contributed by atoms with Gasteiger partial charge in [0, 0.05) is 22.8 Å². The van der Waals surface area contributed by atoms with Gasteiger partial charge in [-0.2, -0.15) is 5.10 Å². The first-order chi connectivity index (χ1) is 11.6. The van der Waals surface area contributed by atoms with Gasteiger partial charge in [0.25, 0.3) is 0 Å². The summed E-state index contributed by atoms with van der Waals surface area (Å²) < 4.78 is 0. The van der Waals surface area contributed by atoms with E-state index in [-0.39, 0.29) is 5.75 Å². The van der Waals surface area contributed by atoms with E-state index in [4.69, 9.17) is 4.99 Å². The number of para-hydroxylation sites is 1. The molecule has 5 nitrogen and oxygen atoms in total. The van der Waals surface area contributed by atoms with Gasteiger partial charge in [-0.25, -0.2) is 4.99 Å². The minimum atomic E-state index is 0.220. The Balaban J connectivity index is 1.75. The SMILES string of the molecule is C=C1C(N/N=C(\C)c2ccccc2O)=NC(C2CCNCC2)=C1C. The first-order valence-corrected chi connectivity index (χ1v) is 8.36. The maximum atomic E-state index is 9.91. The van der Waals surface area contributed by atoms with E-state index in [1.807, 2.05) is 19.1 Å². The average Bonchev–Trinajstić information content (AvgIpc) is 2.89. The Morgan fingerprint density at radius 2 is 2.04 bits per heavy atom. The largest absolute Gasteiger partial charge is 0.507 e. The molecule has 1 aromatic rings. The van der Waals surface area contributed by atoms with Crippen molar-refractivity contribution in [3.05, 3.63) is 53.3 Å². The maximum Gasteiger partial charge on any atom is 0.153 e. The number of hydrogen-bond donors (Lipinski definition) is 3. The predicted molar refractivity (Wildman–Crippen MR) is 98.3 cm³/mol. The van der Waals surface area contributed by atoms with Crippen molar-refractivity contribution in [2.24, 2.45) is 16.0 Å². The van der Waals surface area contributed by atoms with Crippen molar-refractivity contribution in [3.63, 3.8) is 0 Å². The number of hydrogen-bond acceptors (Lipinski definition) is 5. The highest BCUT2D eigenvalue weighted by atomic mass is 16.3. The van der Waals surface area contributed by atoms with Gasteiger partial charge in [-0.15, -0.1) is 0 Å². The number of aliphatic imine (C=N–C) groups is 1. The molecule has 2 heterocycles. The van der Waals surface area contributed by atoms with Crippen LogP contribution in [0.25, 0.3) is 0 Å². The maximum absolute atomic E-state index is 9.91. The number of phenols is 1. The van der Waals surface area contributed by atoms with E-state index < -0.39 is 0 Å². The van der Waals surface area contributed by atoms with E-state index in [2.05, 4.69) is 29.3 Å². The van der Waals surface area contributed by atoms with Crippen LogP contribution < -0.4 is 10.7 Å². The van der Waals surface area contributed by atoms with Gasteiger partial charge in [0.15, 0.2) is 5.84 Å². The first-order valence-electron chi connectivity index (χ1n) is 8.36. The van der Waals surface area contributed by atoms with Crippen LogP contribution in [0.2, 0.25) is 0 Å². The Kier molecular flexibility index (Phi) is 4.81. The molecule has 0 aromatic heterocycles. The van der Waals surface area contributed by atoms with Crippen molar-refractivity contribution < 1.29 is 5.11 Å². The zero-order valence-electron chi connectivity index (χ0n) is 14.3. The van der Waals surface area contributed by atoms with Gasteiger partial charge in [-0.3, -0.25) is 5.43 Å². The summed E-state index contributed by atoms with van der Waals surface area (Å²) in [5, 5.41) is 17.7. The molecule has 24 heavy (non-hydrogen) atoms. The Bertz CT molecular complexity index is 739. The Hall–Kier alpha value is -2.40. The number of nitrogens with one attached hydrogen (secondary N) is 2. The second-order valence-corrected chi connectivity index (χ2v) is 6.30. The molecule has 2 aliphatic heterocycles. The molecule has 0 amide bonds. The van der Waals surface area contributed by atoms with Crippen molar-refractivity contribution in [2.45, 2.75) is 26.7 Å². The second-order valence-electron chi connectivity index (χ2n) is 6.30. The van der Waals surface area contributed by atoms with Crippen LogP contribution in [0, 0.1) is 5.92 Å². The third kappa shape index (κ3) is 3.26. The van der Waals surface area contributed by atoms with Crippen LogP contribution in [0.15, 0.2) is 57.8 Å². The summed E-state index contributed by atoms with van der Waals surface area (Å²) in [6.07, 6.45) is 2.22. The Morgan fingerprint density at radius 1 is 1.33 bits per heavy atom. The van der Waals surface area contributed by atoms with Crippen LogP contribution in [-0.4, -0.2) is 29.7 Å². The number of piperidine rings is 1. The van der Waals surface area contributed by atoms with Gasteiger partial charge in [-0.05, 0) is 57.5 Å². The molecule has 1 saturated heterocycles. The fourth-order valence-electron chi connectivity index (χ4n) is 3.17. The van der Waals surface area contributed by atoms with Gasteiger partial charge in [-0.1, -0.05) is 18.7 Å². The van der Waals surface area contributed by atoms with E-state index in [0.717, 1.165) is 42.8 Å². The van der Waals surface area contributed by atoms with Crippen LogP contribution in [0.4, 0.5) is 0 Å². The molecule has 5 heteroatoms. The molecule has 0 atom stereocenters. The van der Waals surface area contributed by atoms with Crippen LogP contribution in [-0.2, 0) is 0 Å². The summed E-state index contributed by atoms with van der Waals surface area (Å²) in [5.74, 6) is 1.42. The van der Waals surface area contributed by atoms with E-state index in [0.29, 0.717) is 23.0 Å². The molecule has 0 bridgehead atoms. The average molecular weight is 324 g/mol. The zero-order chi connectivity index (χ0) is 17.1. The number of nitrogens with zero attached hydrogens (tertiary/aromatic N) is 2. The molecule has 3 rings (SSSR count). The summed E-state index contributed by atoms with van der Waals surface area (Å²) in [5.41, 5.74) is 7.63. The van der Waals surface area contributed by atoms with Crippen molar-refractivity contribution in [1.29, 1.82) is 0 Å². The van der Waals surface area contributed by atoms with Crippen LogP contribution in [0.5, 0.6) is 5.75 Å². The Morgan fingerprint density at radius 3 is 2.75 bits per heavy atom. The summed E-state index contributed by atoms with van der Waals surface area (Å²) in [7, 11) is 0. The number of hydrazone groups is 1. The minimum absolute atomic E-state index is 0.220. The molecule has 3 N–H and O–H groups in total. The number of aromatic hydroxyl groups is 1. The highest BCUT2D eigenvalue weighted by Gasteiger charge is 2.26. The number of amidine groups is 1. The van der Waals surface area contributed by atoms with E-state index in [9.17, 15) is 5.11 Å². The van der Waals surface area contributed by atoms with Crippen molar-refractivity contribution >= 4 is 11.5 Å². The van der Waals surface area contributed by atoms with Gasteiger partial charge in [0.05, 0.1) is 5.71 Å². The van der Waals surface area contributed by atoms with Gasteiger partial charge >= 0.3 is 0 Å². The van der Waals surface area contributed by atoms with Gasteiger partial charge < -0.3 is 10.4 Å². The summed E-state index contributed by atoms with van der Waals surface area (Å²) in [6.45, 7) is 10.2. The fourth-order valence-corrected chi connectivity index (χ4v) is 3.17. The molecule has 0 saturated carbocycles. The van der Waals surface area contributed by atoms with Crippen molar-refractivity contribution in [3.8, 4) is 5.75 Å². The molecule has 2 aliphatic rings.